The number of hydrogen-bond acceptors (Lipinski definition) is 7. The van der Waals surface area contributed by atoms with E-state index in [1.54, 1.807) is 12.1 Å². The molecule has 2 aromatic carbocycles. The minimum Gasteiger partial charge on any atom is -0.457 e. The second kappa shape index (κ2) is 10.8. The largest absolute Gasteiger partial charge is 0.457 e. The minimum absolute atomic E-state index is 0.193. The molecular weight excluding hydrogens is 460 g/mol. The molecule has 4 aromatic rings. The molecule has 3 heterocycles. The maximum Gasteiger partial charge on any atom is 0.255 e. The predicted molar refractivity (Wildman–Crippen MR) is 138 cm³/mol. The highest BCUT2D eigenvalue weighted by atomic mass is 32.2. The molecule has 0 unspecified atom stereocenters. The Morgan fingerprint density at radius 2 is 1.80 bits per heavy atom. The first-order chi connectivity index (χ1) is 17.2. The van der Waals surface area contributed by atoms with E-state index in [1.807, 2.05) is 59.6 Å². The summed E-state index contributed by atoms with van der Waals surface area (Å²) < 4.78 is 7.78. The highest BCUT2D eigenvalue weighted by molar-refractivity contribution is 7.98. The zero-order chi connectivity index (χ0) is 24.0. The first kappa shape index (κ1) is 23.2. The van der Waals surface area contributed by atoms with Gasteiger partial charge in [0.05, 0.1) is 23.7 Å². The zero-order valence-corrected chi connectivity index (χ0v) is 20.5. The quantitative estimate of drug-likeness (QED) is 0.283. The summed E-state index contributed by atoms with van der Waals surface area (Å²) in [5, 5.41) is 9.26. The minimum atomic E-state index is -0.193. The van der Waals surface area contributed by atoms with E-state index in [2.05, 4.69) is 15.3 Å². The molecule has 180 valence electrons. The number of fused-ring (bicyclic) bond motifs is 1. The van der Waals surface area contributed by atoms with Gasteiger partial charge in [-0.2, -0.15) is 5.10 Å². The predicted octanol–water partition coefficient (Wildman–Crippen LogP) is 4.76. The zero-order valence-electron chi connectivity index (χ0n) is 19.7. The van der Waals surface area contributed by atoms with Gasteiger partial charge in [0.15, 0.2) is 10.8 Å². The van der Waals surface area contributed by atoms with Crippen molar-refractivity contribution in [3.8, 4) is 11.5 Å². The number of hydrogen-bond donors (Lipinski definition) is 1. The van der Waals surface area contributed by atoms with Crippen LogP contribution in [-0.2, 0) is 6.54 Å². The van der Waals surface area contributed by atoms with Gasteiger partial charge in [0.1, 0.15) is 17.3 Å². The van der Waals surface area contributed by atoms with Crippen LogP contribution in [-0.4, -0.2) is 51.5 Å². The van der Waals surface area contributed by atoms with Crippen molar-refractivity contribution >= 4 is 34.5 Å². The van der Waals surface area contributed by atoms with Gasteiger partial charge in [-0.25, -0.2) is 14.6 Å². The fourth-order valence-corrected chi connectivity index (χ4v) is 4.61. The summed E-state index contributed by atoms with van der Waals surface area (Å²) in [6.07, 6.45) is 7.44. The van der Waals surface area contributed by atoms with Gasteiger partial charge in [0.2, 0.25) is 0 Å². The summed E-state index contributed by atoms with van der Waals surface area (Å²) in [7, 11) is 0. The molecule has 1 fully saturated rings. The normalized spacial score (nSPS) is 13.7. The smallest absolute Gasteiger partial charge is 0.255 e. The van der Waals surface area contributed by atoms with Crippen molar-refractivity contribution in [3.63, 3.8) is 0 Å². The average Bonchev–Trinajstić information content (AvgIpc) is 3.32. The lowest BCUT2D eigenvalue weighted by Gasteiger charge is -2.28. The summed E-state index contributed by atoms with van der Waals surface area (Å²) in [4.78, 5) is 24.8. The Kier molecular flexibility index (Phi) is 7.13. The summed E-state index contributed by atoms with van der Waals surface area (Å²) in [5.41, 5.74) is 1.29. The topological polar surface area (TPSA) is 85.2 Å². The van der Waals surface area contributed by atoms with Crippen LogP contribution in [0.4, 0.5) is 5.82 Å². The molecule has 1 aliphatic heterocycles. The number of ether oxygens (including phenoxy) is 1. The number of benzene rings is 2. The van der Waals surface area contributed by atoms with E-state index in [9.17, 15) is 4.79 Å². The van der Waals surface area contributed by atoms with E-state index < -0.39 is 0 Å². The number of para-hydroxylation sites is 2. The number of nitrogens with one attached hydrogen (secondary N) is 1. The number of aromatic nitrogens is 4. The Bertz CT molecular complexity index is 1300. The van der Waals surface area contributed by atoms with Gasteiger partial charge in [0.25, 0.3) is 5.91 Å². The van der Waals surface area contributed by atoms with Crippen LogP contribution >= 0.6 is 11.8 Å². The van der Waals surface area contributed by atoms with Gasteiger partial charge >= 0.3 is 0 Å². The van der Waals surface area contributed by atoms with Gasteiger partial charge in [-0.05, 0) is 49.8 Å². The summed E-state index contributed by atoms with van der Waals surface area (Å²) >= 11 is 1.53. The Morgan fingerprint density at radius 1 is 1.03 bits per heavy atom. The molecule has 0 atom stereocenters. The van der Waals surface area contributed by atoms with Crippen molar-refractivity contribution in [1.29, 1.82) is 0 Å². The van der Waals surface area contributed by atoms with Crippen LogP contribution in [0.2, 0.25) is 0 Å². The second-order valence-electron chi connectivity index (χ2n) is 8.35. The second-order valence-corrected chi connectivity index (χ2v) is 9.13. The lowest BCUT2D eigenvalue weighted by molar-refractivity contribution is 0.0949. The van der Waals surface area contributed by atoms with Crippen LogP contribution in [0.1, 0.15) is 29.6 Å². The van der Waals surface area contributed by atoms with Gasteiger partial charge < -0.3 is 15.0 Å². The number of carbonyl (C=O) groups excluding carboxylic acids is 1. The van der Waals surface area contributed by atoms with Crippen LogP contribution < -0.4 is 15.0 Å². The van der Waals surface area contributed by atoms with Crippen LogP contribution in [0, 0.1) is 0 Å². The molecule has 0 spiro atoms. The molecule has 0 radical (unpaired) electrons. The monoisotopic (exact) mass is 488 g/mol. The lowest BCUT2D eigenvalue weighted by atomic mass is 10.1. The SMILES string of the molecule is CSc1nc(N2CCCCC2)c2cnn(CCNC(=O)c3ccccc3Oc3ccccc3)c2n1. The molecule has 1 aliphatic rings. The third-order valence-corrected chi connectivity index (χ3v) is 6.55. The van der Waals surface area contributed by atoms with Crippen LogP contribution in [0.3, 0.4) is 0 Å². The Labute approximate surface area is 208 Å². The molecule has 9 heteroatoms. The van der Waals surface area contributed by atoms with Crippen LogP contribution in [0.15, 0.2) is 66.0 Å². The van der Waals surface area contributed by atoms with Gasteiger partial charge in [0, 0.05) is 19.6 Å². The van der Waals surface area contributed by atoms with Crippen molar-refractivity contribution in [2.24, 2.45) is 0 Å². The molecular formula is C26H28N6O2S. The van der Waals surface area contributed by atoms with Crippen molar-refractivity contribution in [2.45, 2.75) is 31.0 Å². The molecule has 0 saturated carbocycles. The number of nitrogens with zero attached hydrogens (tertiary/aromatic N) is 5. The maximum absolute atomic E-state index is 13.0. The summed E-state index contributed by atoms with van der Waals surface area (Å²) in [5.74, 6) is 1.97. The molecule has 2 aromatic heterocycles. The van der Waals surface area contributed by atoms with Gasteiger partial charge in [-0.3, -0.25) is 4.79 Å². The van der Waals surface area contributed by atoms with E-state index in [0.717, 1.165) is 35.1 Å². The van der Waals surface area contributed by atoms with Crippen LogP contribution in [0.5, 0.6) is 11.5 Å². The fraction of sp³-hybridized carbons (Fsp3) is 0.308. The summed E-state index contributed by atoms with van der Waals surface area (Å²) in [6, 6.07) is 16.7. The third-order valence-electron chi connectivity index (χ3n) is 6.01. The number of amides is 1. The molecule has 1 amide bonds. The van der Waals surface area contributed by atoms with E-state index in [-0.39, 0.29) is 5.91 Å². The number of thioether (sulfide) groups is 1. The van der Waals surface area contributed by atoms with Crippen molar-refractivity contribution in [2.75, 3.05) is 30.8 Å². The highest BCUT2D eigenvalue weighted by Gasteiger charge is 2.20. The Balaban J connectivity index is 1.30. The van der Waals surface area contributed by atoms with Crippen molar-refractivity contribution in [3.05, 3.63) is 66.4 Å². The molecule has 1 saturated heterocycles. The maximum atomic E-state index is 13.0. The number of anilines is 1. The first-order valence-corrected chi connectivity index (χ1v) is 13.1. The molecule has 35 heavy (non-hydrogen) atoms. The molecule has 0 bridgehead atoms. The van der Waals surface area contributed by atoms with Gasteiger partial charge in [-0.15, -0.1) is 0 Å². The molecule has 8 nitrogen and oxygen atoms in total. The molecule has 5 rings (SSSR count). The average molecular weight is 489 g/mol. The lowest BCUT2D eigenvalue weighted by Crippen LogP contribution is -2.30. The van der Waals surface area contributed by atoms with E-state index in [1.165, 1.54) is 31.0 Å². The molecule has 1 N–H and O–H groups in total. The Hall–Kier alpha value is -3.59. The van der Waals surface area contributed by atoms with E-state index in [4.69, 9.17) is 14.7 Å². The first-order valence-electron chi connectivity index (χ1n) is 11.9. The van der Waals surface area contributed by atoms with Crippen molar-refractivity contribution in [1.82, 2.24) is 25.1 Å². The highest BCUT2D eigenvalue weighted by Crippen LogP contribution is 2.29. The number of rotatable bonds is 8. The van der Waals surface area contributed by atoms with Crippen LogP contribution in [0.25, 0.3) is 11.0 Å². The fourth-order valence-electron chi connectivity index (χ4n) is 4.25. The Morgan fingerprint density at radius 3 is 2.60 bits per heavy atom. The number of carbonyl (C=O) groups is 1. The number of piperidine rings is 1. The van der Waals surface area contributed by atoms with Crippen molar-refractivity contribution < 1.29 is 9.53 Å². The van der Waals surface area contributed by atoms with E-state index >= 15 is 0 Å². The third kappa shape index (κ3) is 5.24. The van der Waals surface area contributed by atoms with E-state index in [0.29, 0.717) is 30.2 Å². The standard InChI is InChI=1S/C26H28N6O2S/c1-35-26-29-23(31-15-8-3-9-16-31)21-18-28-32(24(21)30-26)17-14-27-25(33)20-12-6-7-13-22(20)34-19-10-4-2-5-11-19/h2,4-7,10-13,18H,3,8-9,14-17H2,1H3,(H,27,33). The summed E-state index contributed by atoms with van der Waals surface area (Å²) in [6.45, 7) is 2.92. The molecule has 0 aliphatic carbocycles. The van der Waals surface area contributed by atoms with Gasteiger partial charge in [-0.1, -0.05) is 42.1 Å².